The molecule has 0 saturated heterocycles. The fourth-order valence-corrected chi connectivity index (χ4v) is 1.16. The van der Waals surface area contributed by atoms with Crippen LogP contribution in [0.2, 0.25) is 0 Å². The van der Waals surface area contributed by atoms with E-state index < -0.39 is 0 Å². The summed E-state index contributed by atoms with van der Waals surface area (Å²) in [5, 5.41) is 16.2. The first kappa shape index (κ1) is 18.1. The Hall–Kier alpha value is -2.89. The zero-order valence-electron chi connectivity index (χ0n) is 11.8. The molecule has 0 unspecified atom stereocenters. The normalized spacial score (nSPS) is 9.95. The average molecular weight is 289 g/mol. The van der Waals surface area contributed by atoms with Gasteiger partial charge in [-0.25, -0.2) is 0 Å². The zero-order valence-corrected chi connectivity index (χ0v) is 11.8. The van der Waals surface area contributed by atoms with Gasteiger partial charge in [0.15, 0.2) is 11.5 Å². The summed E-state index contributed by atoms with van der Waals surface area (Å²) in [7, 11) is 1.47. The van der Waals surface area contributed by atoms with Crippen LogP contribution in [0, 0.1) is 5.41 Å². The van der Waals surface area contributed by atoms with Gasteiger partial charge in [0.25, 0.3) is 0 Å². The van der Waals surface area contributed by atoms with Crippen LogP contribution >= 0.6 is 0 Å². The number of nitrogens with two attached hydrogens (primary N) is 1. The maximum atomic E-state index is 10.1. The lowest BCUT2D eigenvalue weighted by Gasteiger charge is -2.03. The van der Waals surface area contributed by atoms with Crippen molar-refractivity contribution in [2.24, 2.45) is 10.7 Å². The SMILES string of the molecule is C=CC=N/C=C\CC(N)=O.COc1cccc(C=N)c1O. The van der Waals surface area contributed by atoms with Crippen LogP contribution in [0.3, 0.4) is 0 Å². The summed E-state index contributed by atoms with van der Waals surface area (Å²) in [6.07, 6.45) is 7.48. The van der Waals surface area contributed by atoms with Gasteiger partial charge in [-0.2, -0.15) is 0 Å². The molecule has 0 saturated carbocycles. The van der Waals surface area contributed by atoms with Crippen LogP contribution in [-0.4, -0.2) is 30.6 Å². The topological polar surface area (TPSA) is 109 Å². The van der Waals surface area contributed by atoms with E-state index in [4.69, 9.17) is 15.9 Å². The second-order valence-corrected chi connectivity index (χ2v) is 3.63. The van der Waals surface area contributed by atoms with Crippen molar-refractivity contribution in [3.63, 3.8) is 0 Å². The minimum Gasteiger partial charge on any atom is -0.504 e. The molecule has 0 aliphatic carbocycles. The molecule has 6 nitrogen and oxygen atoms in total. The maximum absolute atomic E-state index is 10.1. The third-order valence-electron chi connectivity index (χ3n) is 2.11. The number of nitrogens with zero attached hydrogens (tertiary/aromatic N) is 1. The van der Waals surface area contributed by atoms with E-state index in [-0.39, 0.29) is 18.1 Å². The molecule has 1 amide bonds. The van der Waals surface area contributed by atoms with Crippen LogP contribution in [-0.2, 0) is 4.79 Å². The third-order valence-corrected chi connectivity index (χ3v) is 2.11. The Balaban J connectivity index is 0.000000384. The summed E-state index contributed by atoms with van der Waals surface area (Å²) in [6.45, 7) is 3.42. The molecule has 0 radical (unpaired) electrons. The van der Waals surface area contributed by atoms with Crippen LogP contribution in [0.1, 0.15) is 12.0 Å². The predicted octanol–water partition coefficient (Wildman–Crippen LogP) is 2.03. The highest BCUT2D eigenvalue weighted by molar-refractivity contribution is 5.82. The lowest BCUT2D eigenvalue weighted by Crippen LogP contribution is -2.07. The number of amides is 1. The number of benzene rings is 1. The predicted molar refractivity (Wildman–Crippen MR) is 84.2 cm³/mol. The van der Waals surface area contributed by atoms with Crippen LogP contribution in [0.4, 0.5) is 0 Å². The number of nitrogens with one attached hydrogen (secondary N) is 1. The summed E-state index contributed by atoms with van der Waals surface area (Å²) >= 11 is 0. The molecule has 0 aliphatic heterocycles. The van der Waals surface area contributed by atoms with E-state index in [9.17, 15) is 9.90 Å². The highest BCUT2D eigenvalue weighted by Gasteiger charge is 2.03. The standard InChI is InChI=1S/C8H9NO2.C7H10N2O/c1-11-7-4-2-3-6(5-9)8(7)10;1-2-5-9-6-3-4-7(8)10/h2-5,9-10H,1H3;2-3,5-6H,1,4H2,(H2,8,10)/b;6-3-,9-5?. The number of methoxy groups -OCH3 is 1. The summed E-state index contributed by atoms with van der Waals surface area (Å²) in [5.74, 6) is 0.0565. The minimum absolute atomic E-state index is 0.0185. The van der Waals surface area contributed by atoms with E-state index >= 15 is 0 Å². The number of phenols is 1. The summed E-state index contributed by atoms with van der Waals surface area (Å²) < 4.78 is 4.83. The van der Waals surface area contributed by atoms with Gasteiger partial charge in [0.2, 0.25) is 5.91 Å². The highest BCUT2D eigenvalue weighted by atomic mass is 16.5. The van der Waals surface area contributed by atoms with Gasteiger partial charge >= 0.3 is 0 Å². The lowest BCUT2D eigenvalue weighted by atomic mass is 10.2. The Morgan fingerprint density at radius 2 is 2.29 bits per heavy atom. The molecule has 1 aromatic rings. The Kier molecular flexibility index (Phi) is 9.47. The number of primary amides is 1. The second kappa shape index (κ2) is 11.0. The number of para-hydroxylation sites is 1. The molecule has 21 heavy (non-hydrogen) atoms. The number of phenolic OH excluding ortho intramolecular Hbond substituents is 1. The lowest BCUT2D eigenvalue weighted by molar-refractivity contribution is -0.117. The van der Waals surface area contributed by atoms with Gasteiger partial charge in [0.1, 0.15) is 0 Å². The van der Waals surface area contributed by atoms with E-state index in [0.29, 0.717) is 11.3 Å². The Labute approximate surface area is 123 Å². The molecule has 0 aromatic heterocycles. The van der Waals surface area contributed by atoms with E-state index in [0.717, 1.165) is 6.21 Å². The number of aliphatic imine (C=N–C) groups is 1. The first-order valence-corrected chi connectivity index (χ1v) is 6.00. The van der Waals surface area contributed by atoms with Gasteiger partial charge in [0.05, 0.1) is 7.11 Å². The number of allylic oxidation sites excluding steroid dienone is 1. The number of hydrogen-bond donors (Lipinski definition) is 3. The van der Waals surface area contributed by atoms with Crippen molar-refractivity contribution in [3.8, 4) is 11.5 Å². The molecule has 0 bridgehead atoms. The second-order valence-electron chi connectivity index (χ2n) is 3.63. The summed E-state index contributed by atoms with van der Waals surface area (Å²) in [4.78, 5) is 13.9. The number of rotatable bonds is 6. The highest BCUT2D eigenvalue weighted by Crippen LogP contribution is 2.27. The molecular formula is C15H19N3O3. The van der Waals surface area contributed by atoms with Crippen LogP contribution in [0.15, 0.2) is 48.1 Å². The fraction of sp³-hybridized carbons (Fsp3) is 0.133. The van der Waals surface area contributed by atoms with Crippen molar-refractivity contribution < 1.29 is 14.6 Å². The number of hydrogen-bond acceptors (Lipinski definition) is 5. The number of carbonyl (C=O) groups is 1. The monoisotopic (exact) mass is 289 g/mol. The molecule has 0 fully saturated rings. The van der Waals surface area contributed by atoms with Crippen molar-refractivity contribution in [2.75, 3.05) is 7.11 Å². The Morgan fingerprint density at radius 3 is 2.81 bits per heavy atom. The van der Waals surface area contributed by atoms with Crippen molar-refractivity contribution in [3.05, 3.63) is 48.7 Å². The van der Waals surface area contributed by atoms with Gasteiger partial charge in [0, 0.05) is 30.6 Å². The Bertz CT molecular complexity index is 537. The fourth-order valence-electron chi connectivity index (χ4n) is 1.16. The molecule has 0 aliphatic rings. The smallest absolute Gasteiger partial charge is 0.221 e. The molecule has 112 valence electrons. The van der Waals surface area contributed by atoms with Gasteiger partial charge in [-0.1, -0.05) is 24.8 Å². The average Bonchev–Trinajstić information content (AvgIpc) is 2.48. The summed E-state index contributed by atoms with van der Waals surface area (Å²) in [5.41, 5.74) is 5.31. The van der Waals surface area contributed by atoms with Gasteiger partial charge in [-0.15, -0.1) is 0 Å². The number of aromatic hydroxyl groups is 1. The van der Waals surface area contributed by atoms with Gasteiger partial charge in [-0.05, 0) is 12.1 Å². The van der Waals surface area contributed by atoms with Gasteiger partial charge in [-0.3, -0.25) is 9.79 Å². The van der Waals surface area contributed by atoms with Crippen molar-refractivity contribution in [2.45, 2.75) is 6.42 Å². The Morgan fingerprint density at radius 1 is 1.57 bits per heavy atom. The molecule has 1 aromatic carbocycles. The molecule has 0 heterocycles. The molecule has 1 rings (SSSR count). The maximum Gasteiger partial charge on any atom is 0.221 e. The molecule has 0 spiro atoms. The minimum atomic E-state index is -0.356. The molecule has 6 heteroatoms. The third kappa shape index (κ3) is 7.99. The largest absolute Gasteiger partial charge is 0.504 e. The molecule has 4 N–H and O–H groups in total. The van der Waals surface area contributed by atoms with Crippen molar-refractivity contribution in [1.82, 2.24) is 0 Å². The van der Waals surface area contributed by atoms with Crippen molar-refractivity contribution >= 4 is 18.3 Å². The zero-order chi connectivity index (χ0) is 16.1. The van der Waals surface area contributed by atoms with E-state index in [1.807, 2.05) is 0 Å². The van der Waals surface area contributed by atoms with E-state index in [2.05, 4.69) is 11.6 Å². The van der Waals surface area contributed by atoms with E-state index in [1.165, 1.54) is 19.5 Å². The number of carbonyl (C=O) groups excluding carboxylic acids is 1. The van der Waals surface area contributed by atoms with Gasteiger partial charge < -0.3 is 21.0 Å². The first-order chi connectivity index (χ1) is 10.1. The molecular weight excluding hydrogens is 270 g/mol. The van der Waals surface area contributed by atoms with Crippen LogP contribution in [0.5, 0.6) is 11.5 Å². The summed E-state index contributed by atoms with van der Waals surface area (Å²) in [6, 6.07) is 5.01. The van der Waals surface area contributed by atoms with Crippen LogP contribution < -0.4 is 10.5 Å². The quantitative estimate of drug-likeness (QED) is 0.697. The van der Waals surface area contributed by atoms with E-state index in [1.54, 1.807) is 30.4 Å². The first-order valence-electron chi connectivity index (χ1n) is 6.00. The molecule has 0 atom stereocenters. The van der Waals surface area contributed by atoms with Crippen LogP contribution in [0.25, 0.3) is 0 Å². The van der Waals surface area contributed by atoms with Crippen molar-refractivity contribution in [1.29, 1.82) is 5.41 Å². The number of ether oxygens (including phenoxy) is 1.